The number of pyridine rings is 1. The zero-order valence-corrected chi connectivity index (χ0v) is 13.2. The molecule has 0 aliphatic rings. The van der Waals surface area contributed by atoms with Crippen LogP contribution in [0.3, 0.4) is 0 Å². The van der Waals surface area contributed by atoms with Crippen molar-refractivity contribution in [2.45, 2.75) is 6.42 Å². The van der Waals surface area contributed by atoms with Gasteiger partial charge in [0.1, 0.15) is 0 Å². The van der Waals surface area contributed by atoms with Crippen LogP contribution in [0.1, 0.15) is 21.1 Å². The van der Waals surface area contributed by atoms with Crippen molar-refractivity contribution in [2.75, 3.05) is 0 Å². The van der Waals surface area contributed by atoms with E-state index < -0.39 is 5.97 Å². The first kappa shape index (κ1) is 14.5. The number of nitrogens with zero attached hydrogens (tertiary/aromatic N) is 3. The van der Waals surface area contributed by atoms with Gasteiger partial charge in [0.05, 0.1) is 21.8 Å². The first-order valence-electron chi connectivity index (χ1n) is 7.26. The third-order valence-electron chi connectivity index (χ3n) is 3.76. The number of nitrogens with one attached hydrogen (secondary N) is 1. The molecule has 4 aromatic rings. The summed E-state index contributed by atoms with van der Waals surface area (Å²) in [5.74, 6) is -0.992. The Morgan fingerprint density at radius 2 is 2.12 bits per heavy atom. The molecule has 3 heterocycles. The normalized spacial score (nSPS) is 11.0. The maximum absolute atomic E-state index is 11.4. The van der Waals surface area contributed by atoms with E-state index in [4.69, 9.17) is 0 Å². The fourth-order valence-electron chi connectivity index (χ4n) is 2.64. The lowest BCUT2D eigenvalue weighted by Crippen LogP contribution is -2.01. The van der Waals surface area contributed by atoms with Gasteiger partial charge in [0.2, 0.25) is 0 Å². The summed E-state index contributed by atoms with van der Waals surface area (Å²) in [7, 11) is 0. The molecular formula is C17H12N4O2S. The number of aromatic carboxylic acids is 1. The largest absolute Gasteiger partial charge is 0.478 e. The third-order valence-corrected chi connectivity index (χ3v) is 4.54. The minimum absolute atomic E-state index is 0.182. The first-order valence-corrected chi connectivity index (χ1v) is 8.14. The Morgan fingerprint density at radius 1 is 1.21 bits per heavy atom. The summed E-state index contributed by atoms with van der Waals surface area (Å²) in [6, 6.07) is 8.81. The van der Waals surface area contributed by atoms with Gasteiger partial charge in [-0.25, -0.2) is 9.78 Å². The number of thiazole rings is 1. The summed E-state index contributed by atoms with van der Waals surface area (Å²) in [4.78, 5) is 20.0. The Labute approximate surface area is 140 Å². The minimum Gasteiger partial charge on any atom is -0.478 e. The molecule has 0 unspecified atom stereocenters. The maximum atomic E-state index is 11.4. The van der Waals surface area contributed by atoms with E-state index in [2.05, 4.69) is 20.2 Å². The van der Waals surface area contributed by atoms with Crippen molar-refractivity contribution in [3.63, 3.8) is 0 Å². The fraction of sp³-hybridized carbons (Fsp3) is 0.0588. The monoisotopic (exact) mass is 336 g/mol. The lowest BCUT2D eigenvalue weighted by atomic mass is 10.0. The highest BCUT2D eigenvalue weighted by molar-refractivity contribution is 7.09. The van der Waals surface area contributed by atoms with Crippen LogP contribution < -0.4 is 0 Å². The number of carbonyl (C=O) groups is 1. The van der Waals surface area contributed by atoms with E-state index in [1.165, 1.54) is 0 Å². The zero-order valence-electron chi connectivity index (χ0n) is 12.4. The average molecular weight is 336 g/mol. The number of hydrogen-bond donors (Lipinski definition) is 2. The maximum Gasteiger partial charge on any atom is 0.337 e. The number of fused-ring (bicyclic) bond motifs is 1. The van der Waals surface area contributed by atoms with Gasteiger partial charge in [-0.15, -0.1) is 11.3 Å². The van der Waals surface area contributed by atoms with Crippen molar-refractivity contribution >= 4 is 28.2 Å². The lowest BCUT2D eigenvalue weighted by molar-refractivity contribution is 0.0697. The van der Waals surface area contributed by atoms with Crippen molar-refractivity contribution in [1.29, 1.82) is 0 Å². The summed E-state index contributed by atoms with van der Waals surface area (Å²) < 4.78 is 0. The molecule has 118 valence electrons. The Hall–Kier alpha value is -3.06. The van der Waals surface area contributed by atoms with E-state index in [0.29, 0.717) is 12.1 Å². The molecule has 0 aliphatic heterocycles. The number of H-pyrrole nitrogens is 1. The van der Waals surface area contributed by atoms with E-state index >= 15 is 0 Å². The van der Waals surface area contributed by atoms with E-state index in [-0.39, 0.29) is 5.56 Å². The molecule has 7 heteroatoms. The molecule has 0 fully saturated rings. The van der Waals surface area contributed by atoms with Crippen LogP contribution in [0.5, 0.6) is 0 Å². The van der Waals surface area contributed by atoms with Gasteiger partial charge in [-0.1, -0.05) is 6.07 Å². The number of rotatable bonds is 4. The average Bonchev–Trinajstić information content (AvgIpc) is 3.25. The van der Waals surface area contributed by atoms with Crippen molar-refractivity contribution in [2.24, 2.45) is 0 Å². The number of carboxylic acid groups (broad SMARTS) is 1. The number of carboxylic acids is 1. The van der Waals surface area contributed by atoms with Crippen LogP contribution in [-0.2, 0) is 6.42 Å². The van der Waals surface area contributed by atoms with Gasteiger partial charge < -0.3 is 5.11 Å². The predicted molar refractivity (Wildman–Crippen MR) is 91.2 cm³/mol. The van der Waals surface area contributed by atoms with Crippen molar-refractivity contribution < 1.29 is 9.90 Å². The van der Waals surface area contributed by atoms with E-state index in [9.17, 15) is 9.90 Å². The summed E-state index contributed by atoms with van der Waals surface area (Å²) in [6.45, 7) is 0. The molecule has 0 spiro atoms. The fourth-order valence-corrected chi connectivity index (χ4v) is 3.27. The second-order valence-corrected chi connectivity index (χ2v) is 6.22. The quantitative estimate of drug-likeness (QED) is 0.596. The van der Waals surface area contributed by atoms with Gasteiger partial charge >= 0.3 is 5.97 Å². The molecule has 6 nitrogen and oxygen atoms in total. The highest BCUT2D eigenvalue weighted by Crippen LogP contribution is 2.27. The van der Waals surface area contributed by atoms with Gasteiger partial charge in [0, 0.05) is 40.8 Å². The van der Waals surface area contributed by atoms with Crippen LogP contribution in [0, 0.1) is 0 Å². The Bertz CT molecular complexity index is 1020. The molecule has 0 saturated carbocycles. The van der Waals surface area contributed by atoms with Gasteiger partial charge in [-0.3, -0.25) is 10.1 Å². The molecule has 0 bridgehead atoms. The standard InChI is InChI=1S/C17H12N4O2S/c22-17(23)11-2-1-5-19-16(11)10-3-4-13-12(8-10)14(21-20-13)9-15-18-6-7-24-15/h1-8H,9H2,(H,20,21)(H,22,23). The summed E-state index contributed by atoms with van der Waals surface area (Å²) >= 11 is 1.59. The molecule has 24 heavy (non-hydrogen) atoms. The Balaban J connectivity index is 1.82. The van der Waals surface area contributed by atoms with Crippen LogP contribution in [0.2, 0.25) is 0 Å². The Morgan fingerprint density at radius 3 is 2.92 bits per heavy atom. The smallest absolute Gasteiger partial charge is 0.337 e. The summed E-state index contributed by atoms with van der Waals surface area (Å²) in [5, 5.41) is 20.6. The third kappa shape index (κ3) is 2.55. The van der Waals surface area contributed by atoms with E-state index in [1.807, 2.05) is 23.6 Å². The van der Waals surface area contributed by atoms with Crippen molar-refractivity contribution in [3.05, 3.63) is 64.4 Å². The van der Waals surface area contributed by atoms with Gasteiger partial charge in [0.15, 0.2) is 0 Å². The molecule has 0 saturated heterocycles. The molecule has 0 radical (unpaired) electrons. The van der Waals surface area contributed by atoms with Crippen LogP contribution in [0.25, 0.3) is 22.2 Å². The number of aromatic amines is 1. The molecule has 0 atom stereocenters. The highest BCUT2D eigenvalue weighted by atomic mass is 32.1. The molecule has 3 aromatic heterocycles. The van der Waals surface area contributed by atoms with Crippen molar-refractivity contribution in [3.8, 4) is 11.3 Å². The van der Waals surface area contributed by atoms with Crippen LogP contribution in [0.15, 0.2) is 48.1 Å². The molecule has 2 N–H and O–H groups in total. The topological polar surface area (TPSA) is 91.8 Å². The van der Waals surface area contributed by atoms with Crippen LogP contribution in [-0.4, -0.2) is 31.2 Å². The van der Waals surface area contributed by atoms with Gasteiger partial charge in [0.25, 0.3) is 0 Å². The van der Waals surface area contributed by atoms with Crippen molar-refractivity contribution in [1.82, 2.24) is 20.2 Å². The van der Waals surface area contributed by atoms with Gasteiger partial charge in [-0.05, 0) is 24.3 Å². The summed E-state index contributed by atoms with van der Waals surface area (Å²) in [5.41, 5.74) is 3.17. The number of benzene rings is 1. The Kier molecular flexibility index (Phi) is 3.55. The molecule has 1 aromatic carbocycles. The van der Waals surface area contributed by atoms with Crippen LogP contribution >= 0.6 is 11.3 Å². The molecular weight excluding hydrogens is 324 g/mol. The van der Waals surface area contributed by atoms with E-state index in [1.54, 1.807) is 35.9 Å². The van der Waals surface area contributed by atoms with Gasteiger partial charge in [-0.2, -0.15) is 5.10 Å². The van der Waals surface area contributed by atoms with Crippen LogP contribution in [0.4, 0.5) is 0 Å². The zero-order chi connectivity index (χ0) is 16.5. The predicted octanol–water partition coefficient (Wildman–Crippen LogP) is 3.37. The minimum atomic E-state index is -0.992. The summed E-state index contributed by atoms with van der Waals surface area (Å²) in [6.07, 6.45) is 4.03. The second-order valence-electron chi connectivity index (χ2n) is 5.24. The molecule has 0 amide bonds. The highest BCUT2D eigenvalue weighted by Gasteiger charge is 2.15. The van der Waals surface area contributed by atoms with E-state index in [0.717, 1.165) is 27.2 Å². The lowest BCUT2D eigenvalue weighted by Gasteiger charge is -2.05. The first-order chi connectivity index (χ1) is 11.7. The second kappa shape index (κ2) is 5.86. The molecule has 0 aliphatic carbocycles. The number of aromatic nitrogens is 4. The SMILES string of the molecule is O=C(O)c1cccnc1-c1ccc2n[nH]c(Cc3nccs3)c2c1. The number of hydrogen-bond acceptors (Lipinski definition) is 5. The molecule has 4 rings (SSSR count).